The molecule has 1 rings (SSSR count). The van der Waals surface area contributed by atoms with Crippen LogP contribution < -0.4 is 5.32 Å². The molecule has 0 unspecified atom stereocenters. The first-order valence-corrected chi connectivity index (χ1v) is 5.03. The molecule has 0 bridgehead atoms. The van der Waals surface area contributed by atoms with Gasteiger partial charge in [-0.3, -0.25) is 0 Å². The van der Waals surface area contributed by atoms with Crippen LogP contribution in [-0.4, -0.2) is 6.54 Å². The largest absolute Gasteiger partial charge is 0.302 e. The predicted octanol–water partition coefficient (Wildman–Crippen LogP) is 3.11. The Kier molecular flexibility index (Phi) is 4.82. The molecule has 74 valence electrons. The molecule has 1 aromatic carbocycles. The van der Waals surface area contributed by atoms with Crippen LogP contribution in [0.2, 0.25) is 10.0 Å². The summed E-state index contributed by atoms with van der Waals surface area (Å²) < 4.78 is 0. The van der Waals surface area contributed by atoms with E-state index in [1.807, 2.05) is 19.1 Å². The Bertz CT molecular complexity index is 343. The fourth-order valence-electron chi connectivity index (χ4n) is 1.07. The molecule has 1 N–H and O–H groups in total. The number of benzene rings is 1. The second-order valence-corrected chi connectivity index (χ2v) is 3.68. The van der Waals surface area contributed by atoms with Crippen LogP contribution in [0.15, 0.2) is 18.2 Å². The number of hydrogen-bond donors (Lipinski definition) is 1. The normalized spacial score (nSPS) is 9.36. The van der Waals surface area contributed by atoms with Crippen LogP contribution in [0, 0.1) is 11.8 Å². The van der Waals surface area contributed by atoms with Crippen molar-refractivity contribution in [3.8, 4) is 11.8 Å². The van der Waals surface area contributed by atoms with E-state index in [4.69, 9.17) is 23.2 Å². The van der Waals surface area contributed by atoms with Crippen molar-refractivity contribution in [2.75, 3.05) is 6.54 Å². The summed E-state index contributed by atoms with van der Waals surface area (Å²) in [5.41, 5.74) is 1.07. The van der Waals surface area contributed by atoms with E-state index in [1.165, 1.54) is 0 Å². The molecule has 0 fully saturated rings. The lowest BCUT2D eigenvalue weighted by Crippen LogP contribution is -2.13. The highest BCUT2D eigenvalue weighted by atomic mass is 35.5. The van der Waals surface area contributed by atoms with Gasteiger partial charge >= 0.3 is 0 Å². The van der Waals surface area contributed by atoms with E-state index in [9.17, 15) is 0 Å². The average Bonchev–Trinajstić information content (AvgIpc) is 2.11. The molecule has 0 amide bonds. The Morgan fingerprint density at radius 3 is 2.43 bits per heavy atom. The molecule has 1 aromatic rings. The van der Waals surface area contributed by atoms with Crippen molar-refractivity contribution >= 4 is 23.2 Å². The summed E-state index contributed by atoms with van der Waals surface area (Å²) in [4.78, 5) is 0. The van der Waals surface area contributed by atoms with Gasteiger partial charge < -0.3 is 5.32 Å². The van der Waals surface area contributed by atoms with Crippen LogP contribution in [-0.2, 0) is 6.54 Å². The van der Waals surface area contributed by atoms with Gasteiger partial charge in [0, 0.05) is 16.6 Å². The summed E-state index contributed by atoms with van der Waals surface area (Å²) in [6, 6.07) is 5.50. The zero-order chi connectivity index (χ0) is 10.4. The highest BCUT2D eigenvalue weighted by Gasteiger charge is 1.96. The molecule has 0 aromatic heterocycles. The van der Waals surface area contributed by atoms with E-state index >= 15 is 0 Å². The van der Waals surface area contributed by atoms with Crippen LogP contribution >= 0.6 is 23.2 Å². The highest BCUT2D eigenvalue weighted by Crippen LogP contribution is 2.18. The Labute approximate surface area is 94.4 Å². The minimum Gasteiger partial charge on any atom is -0.302 e. The van der Waals surface area contributed by atoms with E-state index in [1.54, 1.807) is 6.07 Å². The van der Waals surface area contributed by atoms with Gasteiger partial charge in [-0.15, -0.1) is 5.92 Å². The molecule has 0 spiro atoms. The summed E-state index contributed by atoms with van der Waals surface area (Å²) in [6.07, 6.45) is 0. The van der Waals surface area contributed by atoms with E-state index in [0.717, 1.165) is 12.1 Å². The van der Waals surface area contributed by atoms with Gasteiger partial charge in [-0.05, 0) is 30.7 Å². The quantitative estimate of drug-likeness (QED) is 0.619. The van der Waals surface area contributed by atoms with Crippen molar-refractivity contribution in [3.05, 3.63) is 33.8 Å². The number of halogens is 2. The lowest BCUT2D eigenvalue weighted by Gasteiger charge is -2.02. The maximum Gasteiger partial charge on any atom is 0.0578 e. The molecular weight excluding hydrogens is 217 g/mol. The van der Waals surface area contributed by atoms with E-state index in [2.05, 4.69) is 17.2 Å². The lowest BCUT2D eigenvalue weighted by molar-refractivity contribution is 0.770. The average molecular weight is 228 g/mol. The Morgan fingerprint density at radius 1 is 1.21 bits per heavy atom. The van der Waals surface area contributed by atoms with Crippen molar-refractivity contribution in [2.45, 2.75) is 13.5 Å². The zero-order valence-electron chi connectivity index (χ0n) is 7.90. The van der Waals surface area contributed by atoms with Gasteiger partial charge in [0.1, 0.15) is 0 Å². The molecule has 14 heavy (non-hydrogen) atoms. The van der Waals surface area contributed by atoms with E-state index in [0.29, 0.717) is 16.6 Å². The molecule has 0 aliphatic heterocycles. The SMILES string of the molecule is CC#CCNCc1cc(Cl)cc(Cl)c1. The van der Waals surface area contributed by atoms with Gasteiger partial charge in [0.15, 0.2) is 0 Å². The fraction of sp³-hybridized carbons (Fsp3) is 0.273. The third kappa shape index (κ3) is 4.02. The third-order valence-electron chi connectivity index (χ3n) is 1.64. The Morgan fingerprint density at radius 2 is 1.86 bits per heavy atom. The maximum atomic E-state index is 5.85. The molecule has 0 aliphatic carbocycles. The topological polar surface area (TPSA) is 12.0 Å². The van der Waals surface area contributed by atoms with Crippen molar-refractivity contribution < 1.29 is 0 Å². The van der Waals surface area contributed by atoms with Crippen LogP contribution in [0.5, 0.6) is 0 Å². The molecule has 0 atom stereocenters. The molecule has 3 heteroatoms. The first kappa shape index (κ1) is 11.4. The smallest absolute Gasteiger partial charge is 0.0578 e. The minimum atomic E-state index is 0.663. The standard InChI is InChI=1S/C11H11Cl2N/c1-2-3-4-14-8-9-5-10(12)7-11(13)6-9/h5-7,14H,4,8H2,1H3. The molecule has 0 heterocycles. The van der Waals surface area contributed by atoms with E-state index in [-0.39, 0.29) is 0 Å². The summed E-state index contributed by atoms with van der Waals surface area (Å²) >= 11 is 11.7. The summed E-state index contributed by atoms with van der Waals surface area (Å²) in [5, 5.41) is 4.49. The Hall–Kier alpha value is -0.680. The van der Waals surface area contributed by atoms with Crippen LogP contribution in [0.4, 0.5) is 0 Å². The van der Waals surface area contributed by atoms with Crippen molar-refractivity contribution in [1.82, 2.24) is 5.32 Å². The van der Waals surface area contributed by atoms with Gasteiger partial charge in [0.2, 0.25) is 0 Å². The summed E-state index contributed by atoms with van der Waals surface area (Å²) in [7, 11) is 0. The van der Waals surface area contributed by atoms with Gasteiger partial charge in [-0.2, -0.15) is 0 Å². The van der Waals surface area contributed by atoms with Gasteiger partial charge in [0.05, 0.1) is 6.54 Å². The van der Waals surface area contributed by atoms with Gasteiger partial charge in [0.25, 0.3) is 0 Å². The molecule has 1 nitrogen and oxygen atoms in total. The summed E-state index contributed by atoms with van der Waals surface area (Å²) in [5.74, 6) is 5.73. The van der Waals surface area contributed by atoms with Crippen molar-refractivity contribution in [3.63, 3.8) is 0 Å². The van der Waals surface area contributed by atoms with Crippen LogP contribution in [0.25, 0.3) is 0 Å². The molecule has 0 saturated carbocycles. The first-order valence-electron chi connectivity index (χ1n) is 4.27. The molecular formula is C11H11Cl2N. The third-order valence-corrected chi connectivity index (χ3v) is 2.08. The minimum absolute atomic E-state index is 0.663. The number of nitrogens with one attached hydrogen (secondary N) is 1. The zero-order valence-corrected chi connectivity index (χ0v) is 9.41. The second-order valence-electron chi connectivity index (χ2n) is 2.81. The highest BCUT2D eigenvalue weighted by molar-refractivity contribution is 6.34. The van der Waals surface area contributed by atoms with E-state index < -0.39 is 0 Å². The van der Waals surface area contributed by atoms with Gasteiger partial charge in [-0.25, -0.2) is 0 Å². The van der Waals surface area contributed by atoms with Crippen molar-refractivity contribution in [2.24, 2.45) is 0 Å². The van der Waals surface area contributed by atoms with Crippen LogP contribution in [0.1, 0.15) is 12.5 Å². The molecule has 0 aliphatic rings. The second kappa shape index (κ2) is 5.93. The number of rotatable bonds is 3. The van der Waals surface area contributed by atoms with Crippen molar-refractivity contribution in [1.29, 1.82) is 0 Å². The number of hydrogen-bond acceptors (Lipinski definition) is 1. The van der Waals surface area contributed by atoms with Gasteiger partial charge in [-0.1, -0.05) is 29.1 Å². The maximum absolute atomic E-state index is 5.85. The monoisotopic (exact) mass is 227 g/mol. The summed E-state index contributed by atoms with van der Waals surface area (Å²) in [6.45, 7) is 3.23. The lowest BCUT2D eigenvalue weighted by atomic mass is 10.2. The molecule has 0 radical (unpaired) electrons. The fourth-order valence-corrected chi connectivity index (χ4v) is 1.64. The Balaban J connectivity index is 2.53. The first-order chi connectivity index (χ1) is 6.72. The van der Waals surface area contributed by atoms with Crippen LogP contribution in [0.3, 0.4) is 0 Å². The molecule has 0 saturated heterocycles. The predicted molar refractivity (Wildman–Crippen MR) is 61.6 cm³/mol.